The highest BCUT2D eigenvalue weighted by Crippen LogP contribution is 2.35. The van der Waals surface area contributed by atoms with Crippen molar-refractivity contribution in [2.24, 2.45) is 11.7 Å². The summed E-state index contributed by atoms with van der Waals surface area (Å²) in [7, 11) is -3.79. The minimum Gasteiger partial charge on any atom is -0.329 e. The lowest BCUT2D eigenvalue weighted by molar-refractivity contribution is 0.191. The molecule has 0 amide bonds. The van der Waals surface area contributed by atoms with Gasteiger partial charge in [-0.2, -0.15) is 5.26 Å². The SMILES string of the molecule is CC1CCCCC1(CN)NS(=O)(=O)c1ccc(C#N)cc1Cl.Cl. The zero-order valence-electron chi connectivity index (χ0n) is 12.9. The Morgan fingerprint density at radius 1 is 1.48 bits per heavy atom. The van der Waals surface area contributed by atoms with E-state index >= 15 is 0 Å². The lowest BCUT2D eigenvalue weighted by Crippen LogP contribution is -2.58. The summed E-state index contributed by atoms with van der Waals surface area (Å²) in [4.78, 5) is -0.0150. The van der Waals surface area contributed by atoms with E-state index < -0.39 is 15.6 Å². The van der Waals surface area contributed by atoms with Crippen molar-refractivity contribution in [2.75, 3.05) is 6.54 Å². The van der Waals surface area contributed by atoms with Gasteiger partial charge in [-0.05, 0) is 37.0 Å². The van der Waals surface area contributed by atoms with E-state index in [9.17, 15) is 8.42 Å². The third-order valence-electron chi connectivity index (χ3n) is 4.51. The number of benzene rings is 1. The van der Waals surface area contributed by atoms with Crippen molar-refractivity contribution >= 4 is 34.0 Å². The quantitative estimate of drug-likeness (QED) is 0.842. The first-order valence-corrected chi connectivity index (χ1v) is 9.14. The second-order valence-corrected chi connectivity index (χ2v) is 7.93. The van der Waals surface area contributed by atoms with Crippen LogP contribution in [0.1, 0.15) is 38.2 Å². The molecule has 0 heterocycles. The Labute approximate surface area is 148 Å². The molecule has 1 aromatic carbocycles. The number of nitrogens with two attached hydrogens (primary N) is 1. The van der Waals surface area contributed by atoms with E-state index in [1.165, 1.54) is 18.2 Å². The first-order chi connectivity index (χ1) is 10.3. The number of hydrogen-bond donors (Lipinski definition) is 2. The molecule has 5 nitrogen and oxygen atoms in total. The molecule has 1 aromatic rings. The van der Waals surface area contributed by atoms with Crippen molar-refractivity contribution in [3.8, 4) is 6.07 Å². The van der Waals surface area contributed by atoms with Gasteiger partial charge in [0.1, 0.15) is 4.90 Å². The van der Waals surface area contributed by atoms with Crippen molar-refractivity contribution in [3.05, 3.63) is 28.8 Å². The summed E-state index contributed by atoms with van der Waals surface area (Å²) in [5.41, 5.74) is 5.59. The minimum absolute atomic E-state index is 0. The number of hydrogen-bond acceptors (Lipinski definition) is 4. The van der Waals surface area contributed by atoms with Crippen LogP contribution in [0.3, 0.4) is 0 Å². The van der Waals surface area contributed by atoms with E-state index in [1.54, 1.807) is 0 Å². The van der Waals surface area contributed by atoms with Crippen LogP contribution in [0.15, 0.2) is 23.1 Å². The maximum atomic E-state index is 12.7. The van der Waals surface area contributed by atoms with Crippen molar-refractivity contribution in [1.29, 1.82) is 5.26 Å². The van der Waals surface area contributed by atoms with E-state index in [-0.39, 0.29) is 34.8 Å². The van der Waals surface area contributed by atoms with Gasteiger partial charge in [-0.15, -0.1) is 12.4 Å². The van der Waals surface area contributed by atoms with Crippen LogP contribution in [-0.2, 0) is 10.0 Å². The fraction of sp³-hybridized carbons (Fsp3) is 0.533. The average Bonchev–Trinajstić information content (AvgIpc) is 2.49. The zero-order chi connectivity index (χ0) is 16.4. The lowest BCUT2D eigenvalue weighted by Gasteiger charge is -2.42. The molecule has 8 heteroatoms. The summed E-state index contributed by atoms with van der Waals surface area (Å²) in [6.07, 6.45) is 3.70. The molecule has 0 radical (unpaired) electrons. The molecule has 0 bridgehead atoms. The molecule has 3 N–H and O–H groups in total. The van der Waals surface area contributed by atoms with Crippen LogP contribution in [0.2, 0.25) is 5.02 Å². The van der Waals surface area contributed by atoms with Gasteiger partial charge in [0.2, 0.25) is 10.0 Å². The molecule has 1 aliphatic carbocycles. The molecular weight excluding hydrogens is 357 g/mol. The fourth-order valence-corrected chi connectivity index (χ4v) is 5.10. The van der Waals surface area contributed by atoms with E-state index in [0.29, 0.717) is 5.56 Å². The molecule has 1 fully saturated rings. The third-order valence-corrected chi connectivity index (χ3v) is 6.54. The molecule has 0 spiro atoms. The monoisotopic (exact) mass is 377 g/mol. The van der Waals surface area contributed by atoms with Gasteiger partial charge in [0.25, 0.3) is 0 Å². The normalized spacial score (nSPS) is 24.5. The van der Waals surface area contributed by atoms with Gasteiger partial charge in [0.05, 0.1) is 16.7 Å². The highest BCUT2D eigenvalue weighted by molar-refractivity contribution is 7.89. The second kappa shape index (κ2) is 7.82. The molecule has 2 atom stereocenters. The van der Waals surface area contributed by atoms with E-state index in [4.69, 9.17) is 22.6 Å². The summed E-state index contributed by atoms with van der Waals surface area (Å²) >= 11 is 6.03. The Morgan fingerprint density at radius 3 is 2.70 bits per heavy atom. The van der Waals surface area contributed by atoms with Crippen molar-refractivity contribution < 1.29 is 8.42 Å². The lowest BCUT2D eigenvalue weighted by atomic mass is 9.74. The number of halogens is 2. The number of rotatable bonds is 4. The van der Waals surface area contributed by atoms with Gasteiger partial charge < -0.3 is 5.73 Å². The molecule has 0 saturated heterocycles. The molecule has 2 rings (SSSR count). The van der Waals surface area contributed by atoms with Crippen LogP contribution in [-0.4, -0.2) is 20.5 Å². The van der Waals surface area contributed by atoms with Crippen LogP contribution in [0.5, 0.6) is 0 Å². The molecule has 0 aliphatic heterocycles. The molecule has 23 heavy (non-hydrogen) atoms. The Morgan fingerprint density at radius 2 is 2.17 bits per heavy atom. The number of nitrogens with zero attached hydrogens (tertiary/aromatic N) is 1. The first-order valence-electron chi connectivity index (χ1n) is 7.28. The second-order valence-electron chi connectivity index (χ2n) is 5.87. The van der Waals surface area contributed by atoms with Crippen LogP contribution in [0.25, 0.3) is 0 Å². The predicted octanol–water partition coefficient (Wildman–Crippen LogP) is 2.82. The minimum atomic E-state index is -3.79. The summed E-state index contributed by atoms with van der Waals surface area (Å²) in [6, 6.07) is 6.10. The van der Waals surface area contributed by atoms with Gasteiger partial charge in [0.15, 0.2) is 0 Å². The van der Waals surface area contributed by atoms with Gasteiger partial charge in [-0.25, -0.2) is 13.1 Å². The summed E-state index contributed by atoms with van der Waals surface area (Å²) in [5.74, 6) is 0.165. The van der Waals surface area contributed by atoms with E-state index in [1.807, 2.05) is 13.0 Å². The molecule has 1 aliphatic rings. The molecule has 1 saturated carbocycles. The molecular formula is C15H21Cl2N3O2S. The Bertz CT molecular complexity index is 703. The Hall–Kier alpha value is -0.840. The van der Waals surface area contributed by atoms with Crippen LogP contribution >= 0.6 is 24.0 Å². The van der Waals surface area contributed by atoms with Crippen LogP contribution in [0.4, 0.5) is 0 Å². The highest BCUT2D eigenvalue weighted by atomic mass is 35.5. The van der Waals surface area contributed by atoms with Gasteiger partial charge >= 0.3 is 0 Å². The van der Waals surface area contributed by atoms with Crippen LogP contribution < -0.4 is 10.5 Å². The average molecular weight is 378 g/mol. The number of sulfonamides is 1. The molecule has 2 unspecified atom stereocenters. The van der Waals surface area contributed by atoms with Crippen molar-refractivity contribution in [2.45, 2.75) is 43.0 Å². The molecule has 0 aromatic heterocycles. The topological polar surface area (TPSA) is 96.0 Å². The van der Waals surface area contributed by atoms with Gasteiger partial charge in [0, 0.05) is 12.1 Å². The smallest absolute Gasteiger partial charge is 0.242 e. The Kier molecular flexibility index (Phi) is 6.87. The zero-order valence-corrected chi connectivity index (χ0v) is 15.3. The van der Waals surface area contributed by atoms with Gasteiger partial charge in [-0.1, -0.05) is 31.4 Å². The summed E-state index contributed by atoms with van der Waals surface area (Å²) in [6.45, 7) is 2.27. The number of nitriles is 1. The van der Waals surface area contributed by atoms with Crippen LogP contribution in [0, 0.1) is 17.2 Å². The predicted molar refractivity (Wildman–Crippen MR) is 93.2 cm³/mol. The maximum absolute atomic E-state index is 12.7. The standard InChI is InChI=1S/C15H20ClN3O2S.ClH/c1-11-4-2-3-7-15(11,10-18)19-22(20,21)14-6-5-12(9-17)8-13(14)16;/h5-6,8,11,19H,2-4,7,10,18H2,1H3;1H. The van der Waals surface area contributed by atoms with Crippen molar-refractivity contribution in [3.63, 3.8) is 0 Å². The fourth-order valence-electron chi connectivity index (χ4n) is 3.02. The third kappa shape index (κ3) is 4.17. The van der Waals surface area contributed by atoms with Gasteiger partial charge in [-0.3, -0.25) is 0 Å². The summed E-state index contributed by atoms with van der Waals surface area (Å²) in [5, 5.41) is 8.88. The van der Waals surface area contributed by atoms with E-state index in [2.05, 4.69) is 4.72 Å². The first kappa shape index (κ1) is 20.2. The Balaban J connectivity index is 0.00000264. The maximum Gasteiger partial charge on any atom is 0.242 e. The summed E-state index contributed by atoms with van der Waals surface area (Å²) < 4.78 is 28.2. The highest BCUT2D eigenvalue weighted by Gasteiger charge is 2.41. The van der Waals surface area contributed by atoms with E-state index in [0.717, 1.165) is 25.7 Å². The largest absolute Gasteiger partial charge is 0.329 e. The number of nitrogens with one attached hydrogen (secondary N) is 1. The van der Waals surface area contributed by atoms with Crippen molar-refractivity contribution in [1.82, 2.24) is 4.72 Å². The molecule has 128 valence electrons.